The number of hydrogen-bond acceptors (Lipinski definition) is 4. The molecule has 0 fully saturated rings. The van der Waals surface area contributed by atoms with Gasteiger partial charge in [-0.15, -0.1) is 11.3 Å². The summed E-state index contributed by atoms with van der Waals surface area (Å²) in [5.74, 6) is -0.290. The molecule has 1 heterocycles. The van der Waals surface area contributed by atoms with E-state index in [1.54, 1.807) is 11.3 Å². The third-order valence-corrected chi connectivity index (χ3v) is 6.46. The highest BCUT2D eigenvalue weighted by atomic mass is 32.1. The van der Waals surface area contributed by atoms with Gasteiger partial charge in [-0.1, -0.05) is 23.8 Å². The summed E-state index contributed by atoms with van der Waals surface area (Å²) in [6.45, 7) is 6.29. The van der Waals surface area contributed by atoms with Gasteiger partial charge in [0.05, 0.1) is 18.7 Å². The zero-order valence-electron chi connectivity index (χ0n) is 16.3. The lowest BCUT2D eigenvalue weighted by molar-refractivity contribution is 0.0601. The molecule has 1 aromatic heterocycles. The summed E-state index contributed by atoms with van der Waals surface area (Å²) >= 11 is 7.17. The molecule has 144 valence electrons. The first-order valence-corrected chi connectivity index (χ1v) is 10.5. The van der Waals surface area contributed by atoms with Crippen LogP contribution in [0.25, 0.3) is 0 Å². The summed E-state index contributed by atoms with van der Waals surface area (Å²) in [4.78, 5) is 13.6. The summed E-state index contributed by atoms with van der Waals surface area (Å²) in [6, 6.07) is 6.49. The molecule has 6 heteroatoms. The number of carbonyl (C=O) groups is 1. The Hall–Kier alpha value is -1.92. The third-order valence-electron chi connectivity index (χ3n) is 5.04. The van der Waals surface area contributed by atoms with Crippen LogP contribution in [0.2, 0.25) is 0 Å². The van der Waals surface area contributed by atoms with Crippen molar-refractivity contribution in [1.82, 2.24) is 5.32 Å². The molecule has 3 rings (SSSR count). The molecule has 0 bridgehead atoms. The Morgan fingerprint density at radius 1 is 1.26 bits per heavy atom. The number of benzene rings is 1. The number of rotatable bonds is 4. The molecule has 1 aromatic carbocycles. The van der Waals surface area contributed by atoms with Gasteiger partial charge in [0, 0.05) is 4.88 Å². The minimum absolute atomic E-state index is 0.0704. The van der Waals surface area contributed by atoms with Gasteiger partial charge in [-0.05, 0) is 75.4 Å². The van der Waals surface area contributed by atoms with E-state index in [1.165, 1.54) is 35.1 Å². The number of methoxy groups -OCH3 is 1. The quantitative estimate of drug-likeness (QED) is 0.552. The van der Waals surface area contributed by atoms with E-state index in [4.69, 9.17) is 17.0 Å². The first-order valence-electron chi connectivity index (χ1n) is 9.28. The molecule has 1 aliphatic rings. The molecule has 1 unspecified atom stereocenters. The van der Waals surface area contributed by atoms with E-state index in [0.717, 1.165) is 29.8 Å². The Morgan fingerprint density at radius 2 is 2.00 bits per heavy atom. The van der Waals surface area contributed by atoms with Crippen LogP contribution in [0.5, 0.6) is 0 Å². The smallest absolute Gasteiger partial charge is 0.341 e. The molecule has 0 saturated carbocycles. The number of ether oxygens (including phenoxy) is 1. The van der Waals surface area contributed by atoms with E-state index >= 15 is 0 Å². The van der Waals surface area contributed by atoms with Gasteiger partial charge in [-0.2, -0.15) is 0 Å². The molecule has 0 aliphatic heterocycles. The van der Waals surface area contributed by atoms with Gasteiger partial charge in [0.2, 0.25) is 0 Å². The van der Waals surface area contributed by atoms with Gasteiger partial charge >= 0.3 is 5.97 Å². The summed E-state index contributed by atoms with van der Waals surface area (Å²) in [5, 5.41) is 7.92. The SMILES string of the molecule is COC(=O)c1c(NC(=S)NC(C)c2cc(C)ccc2C)sc2c1CCCC2. The Morgan fingerprint density at radius 3 is 2.74 bits per heavy atom. The average Bonchev–Trinajstić information content (AvgIpc) is 3.00. The zero-order chi connectivity index (χ0) is 19.6. The standard InChI is InChI=1S/C21H26N2O2S2/c1-12-9-10-13(2)16(11-12)14(3)22-21(26)23-19-18(20(24)25-4)15-7-5-6-8-17(15)27-19/h9-11,14H,5-8H2,1-4H3,(H2,22,23,26). The van der Waals surface area contributed by atoms with E-state index in [0.29, 0.717) is 10.7 Å². The first-order chi connectivity index (χ1) is 12.9. The highest BCUT2D eigenvalue weighted by Gasteiger charge is 2.26. The number of fused-ring (bicyclic) bond motifs is 1. The predicted octanol–water partition coefficient (Wildman–Crippen LogP) is 5.08. The largest absolute Gasteiger partial charge is 0.465 e. The Labute approximate surface area is 170 Å². The lowest BCUT2D eigenvalue weighted by Crippen LogP contribution is -2.31. The molecule has 4 nitrogen and oxygen atoms in total. The van der Waals surface area contributed by atoms with E-state index in [2.05, 4.69) is 49.6 Å². The van der Waals surface area contributed by atoms with Crippen LogP contribution in [-0.4, -0.2) is 18.2 Å². The number of thiophene rings is 1. The number of nitrogens with one attached hydrogen (secondary N) is 2. The van der Waals surface area contributed by atoms with E-state index in [-0.39, 0.29) is 12.0 Å². The molecule has 1 aliphatic carbocycles. The maximum Gasteiger partial charge on any atom is 0.341 e. The Balaban J connectivity index is 1.79. The van der Waals surface area contributed by atoms with Gasteiger partial charge in [-0.3, -0.25) is 0 Å². The zero-order valence-corrected chi connectivity index (χ0v) is 17.9. The molecule has 2 N–H and O–H groups in total. The maximum atomic E-state index is 12.4. The number of carbonyl (C=O) groups excluding carboxylic acids is 1. The van der Waals surface area contributed by atoms with Crippen molar-refractivity contribution in [2.45, 2.75) is 52.5 Å². The number of hydrogen-bond donors (Lipinski definition) is 2. The highest BCUT2D eigenvalue weighted by Crippen LogP contribution is 2.38. The van der Waals surface area contributed by atoms with Crippen molar-refractivity contribution in [2.75, 3.05) is 12.4 Å². The molecule has 0 amide bonds. The lowest BCUT2D eigenvalue weighted by Gasteiger charge is -2.19. The van der Waals surface area contributed by atoms with Crippen molar-refractivity contribution in [3.8, 4) is 0 Å². The van der Waals surface area contributed by atoms with Crippen LogP contribution in [-0.2, 0) is 17.6 Å². The number of anilines is 1. The van der Waals surface area contributed by atoms with Crippen molar-refractivity contribution < 1.29 is 9.53 Å². The van der Waals surface area contributed by atoms with E-state index < -0.39 is 0 Å². The lowest BCUT2D eigenvalue weighted by atomic mass is 9.95. The molecular weight excluding hydrogens is 376 g/mol. The predicted molar refractivity (Wildman–Crippen MR) is 116 cm³/mol. The van der Waals surface area contributed by atoms with Crippen LogP contribution in [0.15, 0.2) is 18.2 Å². The third kappa shape index (κ3) is 4.33. The van der Waals surface area contributed by atoms with Gasteiger partial charge in [0.15, 0.2) is 5.11 Å². The molecule has 2 aromatic rings. The van der Waals surface area contributed by atoms with Gasteiger partial charge in [-0.25, -0.2) is 4.79 Å². The summed E-state index contributed by atoms with van der Waals surface area (Å²) in [6.07, 6.45) is 4.22. The fourth-order valence-corrected chi connectivity index (χ4v) is 5.24. The Bertz CT molecular complexity index is 873. The minimum atomic E-state index is -0.290. The van der Waals surface area contributed by atoms with Crippen LogP contribution in [0, 0.1) is 13.8 Å². The Kier molecular flexibility index (Phi) is 6.17. The monoisotopic (exact) mass is 402 g/mol. The van der Waals surface area contributed by atoms with Crippen molar-refractivity contribution in [3.63, 3.8) is 0 Å². The van der Waals surface area contributed by atoms with Crippen molar-refractivity contribution in [2.24, 2.45) is 0 Å². The number of esters is 1. The first kappa shape index (κ1) is 19.8. The second-order valence-electron chi connectivity index (χ2n) is 7.09. The van der Waals surface area contributed by atoms with Crippen LogP contribution >= 0.6 is 23.6 Å². The summed E-state index contributed by atoms with van der Waals surface area (Å²) in [7, 11) is 1.43. The number of thiocarbonyl (C=S) groups is 1. The van der Waals surface area contributed by atoms with Crippen molar-refractivity contribution >= 4 is 39.6 Å². The number of aryl methyl sites for hydroxylation is 3. The molecule has 0 radical (unpaired) electrons. The second-order valence-corrected chi connectivity index (χ2v) is 8.60. The second kappa shape index (κ2) is 8.40. The van der Waals surface area contributed by atoms with E-state index in [9.17, 15) is 4.79 Å². The molecule has 1 atom stereocenters. The molecule has 27 heavy (non-hydrogen) atoms. The topological polar surface area (TPSA) is 50.4 Å². The average molecular weight is 403 g/mol. The van der Waals surface area contributed by atoms with Crippen LogP contribution < -0.4 is 10.6 Å². The van der Waals surface area contributed by atoms with Crippen LogP contribution in [0.1, 0.15) is 63.3 Å². The van der Waals surface area contributed by atoms with Crippen LogP contribution in [0.4, 0.5) is 5.00 Å². The van der Waals surface area contributed by atoms with Crippen LogP contribution in [0.3, 0.4) is 0 Å². The fraction of sp³-hybridized carbons (Fsp3) is 0.429. The minimum Gasteiger partial charge on any atom is -0.465 e. The molecule has 0 spiro atoms. The molecule has 0 saturated heterocycles. The van der Waals surface area contributed by atoms with Crippen molar-refractivity contribution in [3.05, 3.63) is 50.9 Å². The normalized spacial score (nSPS) is 14.2. The van der Waals surface area contributed by atoms with Gasteiger partial charge < -0.3 is 15.4 Å². The maximum absolute atomic E-state index is 12.4. The highest BCUT2D eigenvalue weighted by molar-refractivity contribution is 7.80. The van der Waals surface area contributed by atoms with E-state index in [1.807, 2.05) is 0 Å². The fourth-order valence-electron chi connectivity index (χ4n) is 3.61. The summed E-state index contributed by atoms with van der Waals surface area (Å²) < 4.78 is 5.03. The van der Waals surface area contributed by atoms with Gasteiger partial charge in [0.25, 0.3) is 0 Å². The van der Waals surface area contributed by atoms with Gasteiger partial charge in [0.1, 0.15) is 5.00 Å². The molecular formula is C21H26N2O2S2. The summed E-state index contributed by atoms with van der Waals surface area (Å²) in [5.41, 5.74) is 5.46. The van der Waals surface area contributed by atoms with Crippen molar-refractivity contribution in [1.29, 1.82) is 0 Å².